The third kappa shape index (κ3) is 2.44. The van der Waals surface area contributed by atoms with E-state index in [9.17, 15) is 9.59 Å². The second-order valence-corrected chi connectivity index (χ2v) is 7.54. The molecule has 2 aliphatic heterocycles. The van der Waals surface area contributed by atoms with E-state index in [4.69, 9.17) is 4.42 Å². The molecule has 1 aromatic rings. The number of rotatable bonds is 3. The highest BCUT2D eigenvalue weighted by molar-refractivity contribution is 8.04. The highest BCUT2D eigenvalue weighted by Crippen LogP contribution is 2.44. The smallest absolute Gasteiger partial charge is 0.244 e. The van der Waals surface area contributed by atoms with Gasteiger partial charge in [0.25, 0.3) is 0 Å². The van der Waals surface area contributed by atoms with Crippen LogP contribution in [0.3, 0.4) is 0 Å². The highest BCUT2D eigenvalue weighted by atomic mass is 32.2. The fourth-order valence-electron chi connectivity index (χ4n) is 2.58. The summed E-state index contributed by atoms with van der Waals surface area (Å²) in [4.78, 5) is 26.0. The molecule has 0 radical (unpaired) electrons. The maximum absolute atomic E-state index is 12.3. The topological polar surface area (TPSA) is 62.6 Å². The van der Waals surface area contributed by atoms with Crippen molar-refractivity contribution in [2.45, 2.75) is 24.4 Å². The van der Waals surface area contributed by atoms with Crippen molar-refractivity contribution in [3.63, 3.8) is 0 Å². The number of nitrogens with one attached hydrogen (secondary N) is 1. The Morgan fingerprint density at radius 1 is 1.65 bits per heavy atom. The molecule has 0 aromatic carbocycles. The molecule has 0 spiro atoms. The van der Waals surface area contributed by atoms with Crippen LogP contribution in [0.15, 0.2) is 22.8 Å². The van der Waals surface area contributed by atoms with Crippen molar-refractivity contribution in [3.8, 4) is 0 Å². The molecular formula is C13H16N2O3S2. The van der Waals surface area contributed by atoms with Gasteiger partial charge in [0.05, 0.1) is 23.4 Å². The Bertz CT molecular complexity index is 520. The van der Waals surface area contributed by atoms with E-state index in [-0.39, 0.29) is 22.7 Å². The zero-order valence-corrected chi connectivity index (χ0v) is 12.8. The van der Waals surface area contributed by atoms with Gasteiger partial charge >= 0.3 is 0 Å². The normalized spacial score (nSPS) is 29.4. The van der Waals surface area contributed by atoms with Crippen LogP contribution in [0.2, 0.25) is 0 Å². The van der Waals surface area contributed by atoms with Gasteiger partial charge in [0.15, 0.2) is 0 Å². The second-order valence-electron chi connectivity index (χ2n) is 5.06. The first-order chi connectivity index (χ1) is 9.60. The van der Waals surface area contributed by atoms with Crippen LogP contribution < -0.4 is 5.32 Å². The van der Waals surface area contributed by atoms with Crippen LogP contribution in [0, 0.1) is 0 Å². The first-order valence-corrected chi connectivity index (χ1v) is 8.58. The molecule has 2 amide bonds. The molecule has 0 unspecified atom stereocenters. The first kappa shape index (κ1) is 13.9. The summed E-state index contributed by atoms with van der Waals surface area (Å²) in [5.41, 5.74) is 0. The van der Waals surface area contributed by atoms with Crippen LogP contribution in [-0.2, 0) is 16.1 Å². The van der Waals surface area contributed by atoms with Crippen LogP contribution >= 0.6 is 23.5 Å². The molecule has 1 N–H and O–H groups in total. The van der Waals surface area contributed by atoms with Crippen molar-refractivity contribution in [3.05, 3.63) is 24.2 Å². The van der Waals surface area contributed by atoms with Gasteiger partial charge in [-0.05, 0) is 19.1 Å². The van der Waals surface area contributed by atoms with Gasteiger partial charge in [-0.1, -0.05) is 0 Å². The van der Waals surface area contributed by atoms with E-state index >= 15 is 0 Å². The number of thioether (sulfide) groups is 2. The largest absolute Gasteiger partial charge is 0.467 e. The van der Waals surface area contributed by atoms with Crippen molar-refractivity contribution < 1.29 is 14.0 Å². The predicted molar refractivity (Wildman–Crippen MR) is 79.4 cm³/mol. The number of hydrogen-bond acceptors (Lipinski definition) is 5. The fourth-order valence-corrected chi connectivity index (χ4v) is 5.28. The molecule has 2 aliphatic rings. The molecule has 20 heavy (non-hydrogen) atoms. The fraction of sp³-hybridized carbons (Fsp3) is 0.538. The van der Waals surface area contributed by atoms with Gasteiger partial charge in [-0.15, -0.1) is 23.5 Å². The second kappa shape index (κ2) is 5.37. The summed E-state index contributed by atoms with van der Waals surface area (Å²) in [7, 11) is 0. The lowest BCUT2D eigenvalue weighted by Gasteiger charge is -2.40. The Labute approximate surface area is 125 Å². The lowest BCUT2D eigenvalue weighted by molar-refractivity contribution is -0.140. The van der Waals surface area contributed by atoms with Gasteiger partial charge in [0.1, 0.15) is 11.8 Å². The van der Waals surface area contributed by atoms with Gasteiger partial charge in [-0.3, -0.25) is 9.59 Å². The molecule has 2 atom stereocenters. The SMILES string of the molecule is C[C@@]12CSCC(=O)N1[C@@H](C(=O)NCc1ccco1)CS2. The highest BCUT2D eigenvalue weighted by Gasteiger charge is 2.50. The maximum atomic E-state index is 12.3. The Hall–Kier alpha value is -1.08. The summed E-state index contributed by atoms with van der Waals surface area (Å²) in [5, 5.41) is 2.85. The lowest BCUT2D eigenvalue weighted by atomic mass is 10.2. The Morgan fingerprint density at radius 2 is 2.50 bits per heavy atom. The average molecular weight is 312 g/mol. The molecule has 2 fully saturated rings. The van der Waals surface area contributed by atoms with E-state index in [1.165, 1.54) is 0 Å². The molecule has 3 heterocycles. The van der Waals surface area contributed by atoms with Gasteiger partial charge in [-0.2, -0.15) is 0 Å². The van der Waals surface area contributed by atoms with Crippen LogP contribution in [-0.4, -0.2) is 44.9 Å². The van der Waals surface area contributed by atoms with E-state index in [2.05, 4.69) is 5.32 Å². The molecule has 2 saturated heterocycles. The van der Waals surface area contributed by atoms with Crippen LogP contribution in [0.25, 0.3) is 0 Å². The van der Waals surface area contributed by atoms with Crippen molar-refractivity contribution in [2.75, 3.05) is 17.3 Å². The standard InChI is InChI=1S/C13H16N2O3S2/c1-13-8-19-7-11(16)15(13)10(6-20-13)12(17)14-5-9-3-2-4-18-9/h2-4,10H,5-8H2,1H3,(H,14,17)/t10-,13-/m1/s1. The van der Waals surface area contributed by atoms with Crippen molar-refractivity contribution >= 4 is 35.3 Å². The number of nitrogens with zero attached hydrogens (tertiary/aromatic N) is 1. The number of amides is 2. The zero-order chi connectivity index (χ0) is 14.2. The monoisotopic (exact) mass is 312 g/mol. The summed E-state index contributed by atoms with van der Waals surface area (Å²) in [6.07, 6.45) is 1.58. The lowest BCUT2D eigenvalue weighted by Crippen LogP contribution is -2.57. The van der Waals surface area contributed by atoms with E-state index in [1.54, 1.807) is 40.8 Å². The number of carbonyl (C=O) groups is 2. The minimum Gasteiger partial charge on any atom is -0.467 e. The van der Waals surface area contributed by atoms with Crippen LogP contribution in [0.4, 0.5) is 0 Å². The molecule has 0 bridgehead atoms. The number of furan rings is 1. The quantitative estimate of drug-likeness (QED) is 0.911. The number of hydrogen-bond donors (Lipinski definition) is 1. The summed E-state index contributed by atoms with van der Waals surface area (Å²) in [6.45, 7) is 2.40. The van der Waals surface area contributed by atoms with Crippen molar-refractivity contribution in [1.29, 1.82) is 0 Å². The molecule has 1 aromatic heterocycles. The minimum absolute atomic E-state index is 0.0619. The van der Waals surface area contributed by atoms with Crippen LogP contribution in [0.1, 0.15) is 12.7 Å². The van der Waals surface area contributed by atoms with Gasteiger partial charge in [0.2, 0.25) is 11.8 Å². The minimum atomic E-state index is -0.367. The first-order valence-electron chi connectivity index (χ1n) is 6.44. The Balaban J connectivity index is 1.67. The summed E-state index contributed by atoms with van der Waals surface area (Å²) >= 11 is 3.34. The molecule has 0 saturated carbocycles. The Kier molecular flexibility index (Phi) is 3.72. The van der Waals surface area contributed by atoms with Gasteiger partial charge in [0, 0.05) is 11.5 Å². The molecule has 3 rings (SSSR count). The van der Waals surface area contributed by atoms with Gasteiger partial charge < -0.3 is 14.6 Å². The average Bonchev–Trinajstić information content (AvgIpc) is 3.03. The molecular weight excluding hydrogens is 296 g/mol. The van der Waals surface area contributed by atoms with Crippen molar-refractivity contribution in [1.82, 2.24) is 10.2 Å². The zero-order valence-electron chi connectivity index (χ0n) is 11.1. The predicted octanol–water partition coefficient (Wildman–Crippen LogP) is 1.30. The third-order valence-electron chi connectivity index (χ3n) is 3.56. The number of fused-ring (bicyclic) bond motifs is 1. The summed E-state index contributed by atoms with van der Waals surface area (Å²) < 4.78 is 5.19. The summed E-state index contributed by atoms with van der Waals surface area (Å²) in [5.74, 6) is 2.69. The van der Waals surface area contributed by atoms with Crippen molar-refractivity contribution in [2.24, 2.45) is 0 Å². The maximum Gasteiger partial charge on any atom is 0.244 e. The molecule has 108 valence electrons. The number of carbonyl (C=O) groups excluding carboxylic acids is 2. The third-order valence-corrected chi connectivity index (χ3v) is 6.40. The van der Waals surface area contributed by atoms with Gasteiger partial charge in [-0.25, -0.2) is 0 Å². The van der Waals surface area contributed by atoms with E-state index in [0.29, 0.717) is 23.8 Å². The Morgan fingerprint density at radius 3 is 3.25 bits per heavy atom. The molecule has 0 aliphatic carbocycles. The summed E-state index contributed by atoms with van der Waals surface area (Å²) in [6, 6.07) is 3.24. The molecule has 5 nitrogen and oxygen atoms in total. The molecule has 7 heteroatoms. The van der Waals surface area contributed by atoms with E-state index in [1.807, 2.05) is 13.0 Å². The van der Waals surface area contributed by atoms with E-state index < -0.39 is 0 Å². The van der Waals surface area contributed by atoms with Crippen LogP contribution in [0.5, 0.6) is 0 Å². The van der Waals surface area contributed by atoms with E-state index in [0.717, 1.165) is 5.75 Å².